The maximum Gasteiger partial charge on any atom is 0.345 e. The van der Waals surface area contributed by atoms with Gasteiger partial charge in [-0.25, -0.2) is 9.59 Å². The number of hydrogen-bond donors (Lipinski definition) is 1. The second-order valence-electron chi connectivity index (χ2n) is 13.7. The zero-order valence-electron chi connectivity index (χ0n) is 27.4. The van der Waals surface area contributed by atoms with Crippen LogP contribution in [0.2, 0.25) is 0 Å². The van der Waals surface area contributed by atoms with Crippen LogP contribution in [0.15, 0.2) is 68.5 Å². The Morgan fingerprint density at radius 1 is 1.04 bits per heavy atom. The van der Waals surface area contributed by atoms with E-state index in [4.69, 9.17) is 23.4 Å². The van der Waals surface area contributed by atoms with Crippen LogP contribution in [0.25, 0.3) is 11.3 Å². The van der Waals surface area contributed by atoms with Gasteiger partial charge in [-0.3, -0.25) is 14.6 Å². The van der Waals surface area contributed by atoms with Crippen LogP contribution in [0, 0.1) is 22.7 Å². The predicted molar refractivity (Wildman–Crippen MR) is 175 cm³/mol. The van der Waals surface area contributed by atoms with Crippen molar-refractivity contribution in [3.05, 3.63) is 80.9 Å². The maximum absolute atomic E-state index is 13.7. The number of carbonyl (C=O) groups excluding carboxylic acids is 3. The van der Waals surface area contributed by atoms with Gasteiger partial charge in [0.25, 0.3) is 0 Å². The molecule has 2 fully saturated rings. The van der Waals surface area contributed by atoms with Crippen molar-refractivity contribution in [3.8, 4) is 17.1 Å². The van der Waals surface area contributed by atoms with E-state index in [2.05, 4.69) is 20.9 Å². The molecule has 2 aliphatic carbocycles. The van der Waals surface area contributed by atoms with Crippen LogP contribution in [0.3, 0.4) is 0 Å². The van der Waals surface area contributed by atoms with E-state index in [-0.39, 0.29) is 30.1 Å². The minimum Gasteiger partial charge on any atom is -0.482 e. The quantitative estimate of drug-likeness (QED) is 0.242. The fourth-order valence-corrected chi connectivity index (χ4v) is 8.89. The Morgan fingerprint density at radius 2 is 1.77 bits per heavy atom. The molecular weight excluding hydrogens is 686 g/mol. The first-order chi connectivity index (χ1) is 22.7. The SMILES string of the molecule is CC(=O)OCC1(C)C2C[C@H](OC(=O)c3ccc(Br)cc3)[C@@]3(C)Oc4cc(-c5cccnc5)oc(=O)c4[C@H](O)C3[C@@]2(C)CC[C@@H]1OC(C)=O. The number of hydrogen-bond acceptors (Lipinski definition) is 11. The van der Waals surface area contributed by atoms with Crippen molar-refractivity contribution in [1.82, 2.24) is 4.98 Å². The Bertz CT molecular complexity index is 1790. The summed E-state index contributed by atoms with van der Waals surface area (Å²) < 4.78 is 31.0. The number of carbonyl (C=O) groups is 3. The molecular formula is C36H38BrNO10. The first kappa shape index (κ1) is 33.9. The van der Waals surface area contributed by atoms with Crippen LogP contribution >= 0.6 is 15.9 Å². The minimum atomic E-state index is -1.39. The fourth-order valence-electron chi connectivity index (χ4n) is 8.62. The first-order valence-corrected chi connectivity index (χ1v) is 16.7. The van der Waals surface area contributed by atoms with Crippen molar-refractivity contribution in [2.24, 2.45) is 22.7 Å². The highest BCUT2D eigenvalue weighted by molar-refractivity contribution is 9.10. The van der Waals surface area contributed by atoms with E-state index in [9.17, 15) is 24.3 Å². The van der Waals surface area contributed by atoms with Gasteiger partial charge < -0.3 is 28.5 Å². The van der Waals surface area contributed by atoms with Crippen molar-refractivity contribution in [2.45, 2.75) is 77.8 Å². The second kappa shape index (κ2) is 12.5. The van der Waals surface area contributed by atoms with Crippen molar-refractivity contribution in [3.63, 3.8) is 0 Å². The molecule has 1 aliphatic heterocycles. The summed E-state index contributed by atoms with van der Waals surface area (Å²) in [4.78, 5) is 55.9. The highest BCUT2D eigenvalue weighted by Crippen LogP contribution is 2.67. The number of pyridine rings is 1. The van der Waals surface area contributed by atoms with Crippen LogP contribution in [0.1, 0.15) is 75.9 Å². The Labute approximate surface area is 286 Å². The van der Waals surface area contributed by atoms with Gasteiger partial charge in [0.1, 0.15) is 41.5 Å². The summed E-state index contributed by atoms with van der Waals surface area (Å²) in [5.41, 5.74) is -3.01. The molecule has 6 rings (SSSR count). The molecule has 12 heteroatoms. The van der Waals surface area contributed by atoms with Crippen LogP contribution in [-0.4, -0.2) is 52.4 Å². The van der Waals surface area contributed by atoms with E-state index in [1.165, 1.54) is 13.8 Å². The van der Waals surface area contributed by atoms with E-state index in [1.54, 1.807) is 61.8 Å². The zero-order valence-corrected chi connectivity index (χ0v) is 28.9. The summed E-state index contributed by atoms with van der Waals surface area (Å²) in [7, 11) is 0. The molecule has 254 valence electrons. The number of ether oxygens (including phenoxy) is 4. The maximum atomic E-state index is 13.7. The molecule has 2 aromatic heterocycles. The summed E-state index contributed by atoms with van der Waals surface area (Å²) in [6.45, 7) is 8.25. The number of aromatic nitrogens is 1. The molecule has 0 bridgehead atoms. The molecule has 8 atom stereocenters. The summed E-state index contributed by atoms with van der Waals surface area (Å²) in [6, 6.07) is 11.7. The highest BCUT2D eigenvalue weighted by Gasteiger charge is 2.71. The van der Waals surface area contributed by atoms with Gasteiger partial charge in [0.15, 0.2) is 0 Å². The van der Waals surface area contributed by atoms with Crippen LogP contribution in [-0.2, 0) is 23.8 Å². The van der Waals surface area contributed by atoms with E-state index in [0.29, 0.717) is 24.0 Å². The lowest BCUT2D eigenvalue weighted by molar-refractivity contribution is -0.266. The molecule has 3 heterocycles. The molecule has 0 amide bonds. The molecule has 1 N–H and O–H groups in total. The van der Waals surface area contributed by atoms with E-state index < -0.39 is 70.1 Å². The number of rotatable bonds is 6. The van der Waals surface area contributed by atoms with E-state index >= 15 is 0 Å². The molecule has 0 spiro atoms. The standard InChI is InChI=1S/C36H38BrNO10/c1-19(39)44-18-35(4)26-16-28(47-32(42)21-8-10-23(37)11-9-21)36(5)31(34(26,3)13-12-27(35)45-20(2)40)30(41)29-25(48-36)15-24(46-33(29)43)22-7-6-14-38-17-22/h6-11,14-15,17,26-28,30-31,41H,12-13,16,18H2,1-5H3/t26?,27-,28-,30-,31?,34-,35?,36+/m0/s1. The van der Waals surface area contributed by atoms with Gasteiger partial charge in [0.05, 0.1) is 11.7 Å². The number of benzene rings is 1. The summed E-state index contributed by atoms with van der Waals surface area (Å²) >= 11 is 3.39. The van der Waals surface area contributed by atoms with Gasteiger partial charge in [0, 0.05) is 53.7 Å². The fraction of sp³-hybridized carbons (Fsp3) is 0.472. The van der Waals surface area contributed by atoms with Crippen LogP contribution in [0.5, 0.6) is 5.75 Å². The number of aliphatic hydroxyl groups is 1. The lowest BCUT2D eigenvalue weighted by Gasteiger charge is -2.66. The number of halogens is 1. The molecule has 2 saturated carbocycles. The Balaban J connectivity index is 1.50. The lowest BCUT2D eigenvalue weighted by Crippen LogP contribution is -2.71. The molecule has 0 radical (unpaired) electrons. The van der Waals surface area contributed by atoms with Gasteiger partial charge in [-0.2, -0.15) is 0 Å². The molecule has 3 aliphatic rings. The first-order valence-electron chi connectivity index (χ1n) is 15.9. The van der Waals surface area contributed by atoms with Crippen molar-refractivity contribution < 1.29 is 42.9 Å². The Hall–Kier alpha value is -4.03. The topological polar surface area (TPSA) is 151 Å². The van der Waals surface area contributed by atoms with E-state index in [0.717, 1.165) is 4.47 Å². The van der Waals surface area contributed by atoms with Gasteiger partial charge in [0.2, 0.25) is 0 Å². The predicted octanol–water partition coefficient (Wildman–Crippen LogP) is 5.81. The number of esters is 3. The molecule has 48 heavy (non-hydrogen) atoms. The van der Waals surface area contributed by atoms with Gasteiger partial charge in [-0.05, 0) is 73.9 Å². The zero-order chi connectivity index (χ0) is 34.6. The third-order valence-corrected chi connectivity index (χ3v) is 11.3. The largest absolute Gasteiger partial charge is 0.482 e. The number of fused-ring (bicyclic) bond motifs is 4. The minimum absolute atomic E-state index is 0.0335. The molecule has 0 saturated heterocycles. The average molecular weight is 725 g/mol. The van der Waals surface area contributed by atoms with Crippen molar-refractivity contribution >= 4 is 33.8 Å². The third kappa shape index (κ3) is 5.72. The van der Waals surface area contributed by atoms with Gasteiger partial charge in [-0.15, -0.1) is 0 Å². The monoisotopic (exact) mass is 723 g/mol. The molecule has 3 aromatic rings. The number of aliphatic hydroxyl groups excluding tert-OH is 1. The highest BCUT2D eigenvalue weighted by atomic mass is 79.9. The lowest BCUT2D eigenvalue weighted by atomic mass is 9.42. The smallest absolute Gasteiger partial charge is 0.345 e. The summed E-state index contributed by atoms with van der Waals surface area (Å²) in [6.07, 6.45) is 1.25. The van der Waals surface area contributed by atoms with Crippen molar-refractivity contribution in [2.75, 3.05) is 6.61 Å². The van der Waals surface area contributed by atoms with Gasteiger partial charge >= 0.3 is 23.5 Å². The average Bonchev–Trinajstić information content (AvgIpc) is 3.02. The van der Waals surface area contributed by atoms with Crippen LogP contribution in [0.4, 0.5) is 0 Å². The molecule has 11 nitrogen and oxygen atoms in total. The summed E-state index contributed by atoms with van der Waals surface area (Å²) in [5.74, 6) is -2.49. The third-order valence-electron chi connectivity index (χ3n) is 10.8. The Morgan fingerprint density at radius 3 is 2.42 bits per heavy atom. The normalized spacial score (nSPS) is 32.0. The Kier molecular flexibility index (Phi) is 8.78. The molecule has 3 unspecified atom stereocenters. The van der Waals surface area contributed by atoms with Crippen molar-refractivity contribution in [1.29, 1.82) is 0 Å². The van der Waals surface area contributed by atoms with E-state index in [1.807, 2.05) is 13.8 Å². The summed E-state index contributed by atoms with van der Waals surface area (Å²) in [5, 5.41) is 12.3. The second-order valence-corrected chi connectivity index (χ2v) is 14.7. The van der Waals surface area contributed by atoms with Gasteiger partial charge in [-0.1, -0.05) is 29.8 Å². The van der Waals surface area contributed by atoms with Crippen LogP contribution < -0.4 is 10.4 Å². The number of nitrogens with zero attached hydrogens (tertiary/aromatic N) is 1. The molecule has 1 aromatic carbocycles.